The monoisotopic (exact) mass is 505 g/mol. The topological polar surface area (TPSA) is 173 Å². The minimum atomic E-state index is -2.36. The molecule has 192 valence electrons. The molecule has 2 rings (SSSR count). The first-order valence-electron chi connectivity index (χ1n) is 10.8. The Hall–Kier alpha value is -1.90. The summed E-state index contributed by atoms with van der Waals surface area (Å²) in [5, 5.41) is 56.6. The smallest absolute Gasteiger partial charge is 0.345 e. The number of aryl methyl sites for hydroxylation is 1. The van der Waals surface area contributed by atoms with Crippen molar-refractivity contribution in [1.29, 1.82) is 0 Å². The lowest BCUT2D eigenvalue weighted by Crippen LogP contribution is -2.70. The Balaban J connectivity index is 2.33. The molecule has 34 heavy (non-hydrogen) atoms. The number of carbonyl (C=O) groups is 1. The van der Waals surface area contributed by atoms with Crippen LogP contribution >= 0.6 is 11.6 Å². The Morgan fingerprint density at radius 2 is 1.91 bits per heavy atom. The maximum atomic E-state index is 13.0. The Morgan fingerprint density at radius 3 is 2.47 bits per heavy atom. The fraction of sp³-hybridized carbons (Fsp3) is 0.667. The normalized spacial score (nSPS) is 28.7. The van der Waals surface area contributed by atoms with Crippen LogP contribution in [0.5, 0.6) is 0 Å². The van der Waals surface area contributed by atoms with Crippen molar-refractivity contribution in [3.8, 4) is 0 Å². The maximum absolute atomic E-state index is 13.0. The van der Waals surface area contributed by atoms with Crippen molar-refractivity contribution in [2.24, 2.45) is 5.29 Å². The number of rotatable bonds is 11. The highest BCUT2D eigenvalue weighted by molar-refractivity contribution is 6.18. The van der Waals surface area contributed by atoms with Crippen molar-refractivity contribution < 1.29 is 39.8 Å². The highest BCUT2D eigenvalue weighted by atomic mass is 35.5. The van der Waals surface area contributed by atoms with Gasteiger partial charge in [-0.1, -0.05) is 30.3 Å². The second-order valence-corrected chi connectivity index (χ2v) is 8.52. The molecule has 1 saturated heterocycles. The molecule has 1 aromatic rings. The van der Waals surface area contributed by atoms with Crippen LogP contribution in [0.15, 0.2) is 35.6 Å². The summed E-state index contributed by atoms with van der Waals surface area (Å²) in [4.78, 5) is 24.9. The number of nitroso groups, excluding NO2 is 1. The lowest BCUT2D eigenvalue weighted by Gasteiger charge is -2.49. The van der Waals surface area contributed by atoms with Gasteiger partial charge in [0.05, 0.1) is 24.5 Å². The van der Waals surface area contributed by atoms with Crippen molar-refractivity contribution in [2.45, 2.75) is 62.2 Å². The zero-order valence-corrected chi connectivity index (χ0v) is 19.7. The number of alkyl halides is 1. The van der Waals surface area contributed by atoms with Crippen LogP contribution in [0.25, 0.3) is 0 Å². The molecule has 0 bridgehead atoms. The van der Waals surface area contributed by atoms with E-state index in [0.29, 0.717) is 5.01 Å². The molecule has 2 unspecified atom stereocenters. The quantitative estimate of drug-likeness (QED) is 0.118. The molecule has 7 atom stereocenters. The molecule has 1 aliphatic heterocycles. The van der Waals surface area contributed by atoms with Crippen molar-refractivity contribution in [3.05, 3.63) is 40.8 Å². The molecule has 1 aliphatic rings. The predicted octanol–water partition coefficient (Wildman–Crippen LogP) is -0.213. The summed E-state index contributed by atoms with van der Waals surface area (Å²) in [5.41, 5.74) is 0.809. The first-order chi connectivity index (χ1) is 16.1. The molecule has 1 fully saturated rings. The predicted molar refractivity (Wildman–Crippen MR) is 120 cm³/mol. The second-order valence-electron chi connectivity index (χ2n) is 8.14. The summed E-state index contributed by atoms with van der Waals surface area (Å²) < 4.78 is 10.6. The number of hydrogen-bond acceptors (Lipinski definition) is 10. The van der Waals surface area contributed by atoms with E-state index >= 15 is 0 Å². The zero-order chi connectivity index (χ0) is 25.5. The van der Waals surface area contributed by atoms with Crippen LogP contribution in [0, 0.1) is 4.91 Å². The van der Waals surface area contributed by atoms with E-state index < -0.39 is 48.5 Å². The molecule has 1 aromatic carbocycles. The lowest BCUT2D eigenvalue weighted by atomic mass is 9.88. The molecule has 12 nitrogen and oxygen atoms in total. The fourth-order valence-corrected chi connectivity index (χ4v) is 4.02. The van der Waals surface area contributed by atoms with Crippen molar-refractivity contribution in [2.75, 3.05) is 26.1 Å². The highest BCUT2D eigenvalue weighted by Crippen LogP contribution is 2.34. The zero-order valence-electron chi connectivity index (χ0n) is 19.0. The van der Waals surface area contributed by atoms with Crippen LogP contribution in [0.2, 0.25) is 0 Å². The molecule has 0 saturated carbocycles. The number of amides is 2. The molecule has 0 radical (unpaired) electrons. The largest absolute Gasteiger partial charge is 0.387 e. The lowest BCUT2D eigenvalue weighted by molar-refractivity contribution is -0.365. The number of hydrogen-bond donors (Lipinski definition) is 5. The van der Waals surface area contributed by atoms with Gasteiger partial charge >= 0.3 is 6.03 Å². The molecule has 0 aromatic heterocycles. The molecular formula is C21H32ClN3O9. The Bertz CT molecular complexity index is 792. The summed E-state index contributed by atoms with van der Waals surface area (Å²) in [6.07, 6.45) is -9.39. The van der Waals surface area contributed by atoms with Crippen LogP contribution in [0.1, 0.15) is 18.9 Å². The summed E-state index contributed by atoms with van der Waals surface area (Å²) in [5.74, 6) is -2.48. The summed E-state index contributed by atoms with van der Waals surface area (Å²) in [6, 6.07) is 7.06. The molecule has 2 amide bonds. The van der Waals surface area contributed by atoms with Gasteiger partial charge < -0.3 is 35.0 Å². The first kappa shape index (κ1) is 28.3. The van der Waals surface area contributed by atoms with Crippen LogP contribution in [-0.2, 0) is 15.9 Å². The van der Waals surface area contributed by atoms with E-state index in [9.17, 15) is 35.2 Å². The number of ether oxygens (including phenoxy) is 2. The number of aliphatic hydroxyl groups excluding tert-OH is 4. The fourth-order valence-electron chi connectivity index (χ4n) is 3.86. The van der Waals surface area contributed by atoms with Gasteiger partial charge in [0.2, 0.25) is 0 Å². The molecule has 5 N–H and O–H groups in total. The minimum Gasteiger partial charge on any atom is -0.387 e. The number of halogens is 1. The van der Waals surface area contributed by atoms with E-state index in [1.807, 2.05) is 6.07 Å². The van der Waals surface area contributed by atoms with Gasteiger partial charge in [0.1, 0.15) is 24.4 Å². The Morgan fingerprint density at radius 1 is 1.26 bits per heavy atom. The third kappa shape index (κ3) is 6.40. The second kappa shape index (κ2) is 12.7. The van der Waals surface area contributed by atoms with E-state index in [1.165, 1.54) is 14.0 Å². The highest BCUT2D eigenvalue weighted by Gasteiger charge is 2.55. The van der Waals surface area contributed by atoms with E-state index in [0.717, 1.165) is 10.5 Å². The molecule has 13 heteroatoms. The van der Waals surface area contributed by atoms with Crippen molar-refractivity contribution >= 4 is 17.6 Å². The van der Waals surface area contributed by atoms with E-state index in [4.69, 9.17) is 21.1 Å². The van der Waals surface area contributed by atoms with Gasteiger partial charge in [0.15, 0.2) is 12.0 Å². The van der Waals surface area contributed by atoms with Gasteiger partial charge in [-0.25, -0.2) is 4.79 Å². The molecule has 1 heterocycles. The van der Waals surface area contributed by atoms with Crippen LogP contribution in [0.3, 0.4) is 0 Å². The number of nitrogens with zero attached hydrogens (tertiary/aromatic N) is 3. The number of aliphatic hydroxyl groups is 5. The number of urea groups is 1. The first-order valence-corrected chi connectivity index (χ1v) is 11.3. The number of methoxy groups -OCH3 is 1. The summed E-state index contributed by atoms with van der Waals surface area (Å²) >= 11 is 5.62. The summed E-state index contributed by atoms with van der Waals surface area (Å²) in [7, 11) is 1.36. The third-order valence-corrected chi connectivity index (χ3v) is 5.89. The van der Waals surface area contributed by atoms with Crippen molar-refractivity contribution in [3.63, 3.8) is 0 Å². The van der Waals surface area contributed by atoms with Crippen LogP contribution in [0.4, 0.5) is 4.79 Å². The van der Waals surface area contributed by atoms with E-state index in [2.05, 4.69) is 5.29 Å². The van der Waals surface area contributed by atoms with Gasteiger partial charge in [-0.2, -0.15) is 5.01 Å². The Kier molecular flexibility index (Phi) is 10.6. The standard InChI is InChI=1S/C21H32ClN3O9/c1-13(12-33-2)25(20(30)24(23-32)11-10-22)19(29)17-15(26)16(27)18(28)21(31,34-17)9-8-14-6-4-3-5-7-14/h3-7,13,15-19,26-29,31H,8-12H2,1-2H3/t13?,15-,16+,17-,18-,19?,21-/m0/s1. The van der Waals surface area contributed by atoms with Gasteiger partial charge in [0, 0.05) is 19.4 Å². The Labute approximate surface area is 202 Å². The maximum Gasteiger partial charge on any atom is 0.345 e. The molecule has 0 spiro atoms. The third-order valence-electron chi connectivity index (χ3n) is 5.73. The average Bonchev–Trinajstić information content (AvgIpc) is 2.83. The molecular weight excluding hydrogens is 474 g/mol. The van der Waals surface area contributed by atoms with Gasteiger partial charge in [-0.05, 0) is 18.9 Å². The van der Waals surface area contributed by atoms with Gasteiger partial charge in [0.25, 0.3) is 0 Å². The SMILES string of the molecule is COCC(C)N(C(=O)N(CCCl)N=O)C(O)[C@H]1O[C@@](O)(CCc2ccccc2)[C@@H](O)[C@H](O)[C@@H]1O. The van der Waals surface area contributed by atoms with Gasteiger partial charge in [-0.15, -0.1) is 16.5 Å². The van der Waals surface area contributed by atoms with Crippen molar-refractivity contribution in [1.82, 2.24) is 9.91 Å². The minimum absolute atomic E-state index is 0.0807. The average molecular weight is 506 g/mol. The summed E-state index contributed by atoms with van der Waals surface area (Å²) in [6.45, 7) is 1.16. The van der Waals surface area contributed by atoms with E-state index in [1.54, 1.807) is 24.3 Å². The van der Waals surface area contributed by atoms with Crippen LogP contribution < -0.4 is 0 Å². The van der Waals surface area contributed by atoms with Gasteiger partial charge in [-0.3, -0.25) is 4.90 Å². The number of benzene rings is 1. The number of carbonyl (C=O) groups excluding carboxylic acids is 1. The molecule has 0 aliphatic carbocycles. The van der Waals surface area contributed by atoms with Crippen LogP contribution in [-0.4, -0.2) is 110 Å². The van der Waals surface area contributed by atoms with E-state index in [-0.39, 0.29) is 31.9 Å².